The number of nitrogens with one attached hydrogen (secondary N) is 1. The Hall–Kier alpha value is -1.91. The first-order valence-electron chi connectivity index (χ1n) is 6.39. The van der Waals surface area contributed by atoms with E-state index in [4.69, 9.17) is 4.74 Å². The first kappa shape index (κ1) is 16.1. The van der Waals surface area contributed by atoms with Crippen LogP contribution in [0.4, 0.5) is 4.39 Å². The molecule has 1 N–H and O–H groups in total. The van der Waals surface area contributed by atoms with Crippen LogP contribution in [0, 0.1) is 12.7 Å². The maximum atomic E-state index is 13.4. The van der Waals surface area contributed by atoms with Gasteiger partial charge in [0, 0.05) is 5.54 Å². The number of hydrogen-bond donors (Lipinski definition) is 1. The monoisotopic (exact) mass is 281 g/mol. The molecule has 0 heterocycles. The van der Waals surface area contributed by atoms with Crippen molar-refractivity contribution >= 4 is 11.9 Å². The molecule has 0 unspecified atom stereocenters. The fourth-order valence-corrected chi connectivity index (χ4v) is 1.47. The van der Waals surface area contributed by atoms with E-state index in [9.17, 15) is 14.0 Å². The average molecular weight is 281 g/mol. The molecule has 1 rings (SSSR count). The standard InChI is InChI=1S/C15H20FNO3/c1-9-6-7-11(8-12(9)16)14(19)20-10(2)13(18)17-15(3,4)5/h6-8,10H,1-5H3,(H,17,18)/t10-/m0/s1. The van der Waals surface area contributed by atoms with Crippen LogP contribution in [0.3, 0.4) is 0 Å². The summed E-state index contributed by atoms with van der Waals surface area (Å²) in [6.07, 6.45) is -0.939. The van der Waals surface area contributed by atoms with Crippen molar-refractivity contribution in [1.82, 2.24) is 5.32 Å². The van der Waals surface area contributed by atoms with Crippen LogP contribution in [0.25, 0.3) is 0 Å². The Morgan fingerprint density at radius 2 is 1.90 bits per heavy atom. The van der Waals surface area contributed by atoms with Gasteiger partial charge in [0.25, 0.3) is 5.91 Å². The van der Waals surface area contributed by atoms with Crippen molar-refractivity contribution < 1.29 is 18.7 Å². The largest absolute Gasteiger partial charge is 0.449 e. The van der Waals surface area contributed by atoms with Crippen LogP contribution in [0.5, 0.6) is 0 Å². The summed E-state index contributed by atoms with van der Waals surface area (Å²) in [6, 6.07) is 4.06. The number of carbonyl (C=O) groups excluding carboxylic acids is 2. The summed E-state index contributed by atoms with van der Waals surface area (Å²) in [5.74, 6) is -1.59. The summed E-state index contributed by atoms with van der Waals surface area (Å²) in [7, 11) is 0. The Morgan fingerprint density at radius 1 is 1.30 bits per heavy atom. The molecule has 0 fully saturated rings. The first-order valence-corrected chi connectivity index (χ1v) is 6.39. The van der Waals surface area contributed by atoms with E-state index in [0.29, 0.717) is 5.56 Å². The van der Waals surface area contributed by atoms with Gasteiger partial charge in [0.15, 0.2) is 6.10 Å². The Balaban J connectivity index is 2.70. The van der Waals surface area contributed by atoms with Crippen molar-refractivity contribution in [3.8, 4) is 0 Å². The van der Waals surface area contributed by atoms with Gasteiger partial charge < -0.3 is 10.1 Å². The number of ether oxygens (including phenoxy) is 1. The van der Waals surface area contributed by atoms with Gasteiger partial charge in [-0.25, -0.2) is 9.18 Å². The number of carbonyl (C=O) groups is 2. The summed E-state index contributed by atoms with van der Waals surface area (Å²) in [5.41, 5.74) is 0.122. The summed E-state index contributed by atoms with van der Waals surface area (Å²) in [4.78, 5) is 23.6. The highest BCUT2D eigenvalue weighted by molar-refractivity contribution is 5.92. The molecule has 1 atom stereocenters. The molecule has 110 valence electrons. The minimum absolute atomic E-state index is 0.0866. The topological polar surface area (TPSA) is 55.4 Å². The van der Waals surface area contributed by atoms with Crippen LogP contribution in [-0.2, 0) is 9.53 Å². The lowest BCUT2D eigenvalue weighted by Gasteiger charge is -2.23. The van der Waals surface area contributed by atoms with Crippen molar-refractivity contribution in [2.75, 3.05) is 0 Å². The van der Waals surface area contributed by atoms with Crippen molar-refractivity contribution in [3.63, 3.8) is 0 Å². The van der Waals surface area contributed by atoms with Crippen LogP contribution < -0.4 is 5.32 Å². The van der Waals surface area contributed by atoms with E-state index in [1.165, 1.54) is 19.1 Å². The number of aryl methyl sites for hydroxylation is 1. The van der Waals surface area contributed by atoms with E-state index >= 15 is 0 Å². The molecule has 0 radical (unpaired) electrons. The van der Waals surface area contributed by atoms with E-state index in [-0.39, 0.29) is 5.56 Å². The molecular weight excluding hydrogens is 261 g/mol. The normalized spacial score (nSPS) is 12.7. The van der Waals surface area contributed by atoms with Gasteiger partial charge in [0.2, 0.25) is 0 Å². The van der Waals surface area contributed by atoms with Crippen LogP contribution in [0.2, 0.25) is 0 Å². The predicted octanol–water partition coefficient (Wildman–Crippen LogP) is 2.59. The van der Waals surface area contributed by atoms with Gasteiger partial charge in [-0.15, -0.1) is 0 Å². The first-order chi connectivity index (χ1) is 9.10. The molecule has 1 amide bonds. The van der Waals surface area contributed by atoms with Crippen molar-refractivity contribution in [1.29, 1.82) is 0 Å². The van der Waals surface area contributed by atoms with E-state index in [1.54, 1.807) is 6.92 Å². The van der Waals surface area contributed by atoms with Gasteiger partial charge in [0.1, 0.15) is 5.82 Å². The number of halogens is 1. The third kappa shape index (κ3) is 4.64. The molecule has 0 aliphatic carbocycles. The molecule has 1 aromatic rings. The lowest BCUT2D eigenvalue weighted by Crippen LogP contribution is -2.46. The molecule has 0 saturated heterocycles. The van der Waals surface area contributed by atoms with Gasteiger partial charge in [0.05, 0.1) is 5.56 Å². The van der Waals surface area contributed by atoms with Gasteiger partial charge in [-0.05, 0) is 52.3 Å². The molecule has 0 aromatic heterocycles. The number of rotatable bonds is 3. The average Bonchev–Trinajstić information content (AvgIpc) is 2.30. The quantitative estimate of drug-likeness (QED) is 0.866. The molecule has 0 saturated carbocycles. The Morgan fingerprint density at radius 3 is 2.40 bits per heavy atom. The maximum absolute atomic E-state index is 13.4. The van der Waals surface area contributed by atoms with Gasteiger partial charge in [-0.2, -0.15) is 0 Å². The molecule has 4 nitrogen and oxygen atoms in total. The Labute approximate surface area is 118 Å². The number of hydrogen-bond acceptors (Lipinski definition) is 3. The SMILES string of the molecule is Cc1ccc(C(=O)O[C@@H](C)C(=O)NC(C)(C)C)cc1F. The summed E-state index contributed by atoms with van der Waals surface area (Å²) in [5, 5.41) is 2.71. The summed E-state index contributed by atoms with van der Waals surface area (Å²) >= 11 is 0. The minimum Gasteiger partial charge on any atom is -0.449 e. The van der Waals surface area contributed by atoms with E-state index < -0.39 is 29.3 Å². The Bertz CT molecular complexity index is 520. The second kappa shape index (κ2) is 6.03. The molecule has 20 heavy (non-hydrogen) atoms. The molecule has 0 spiro atoms. The molecular formula is C15H20FNO3. The van der Waals surface area contributed by atoms with Gasteiger partial charge >= 0.3 is 5.97 Å². The van der Waals surface area contributed by atoms with E-state index in [1.807, 2.05) is 20.8 Å². The van der Waals surface area contributed by atoms with E-state index in [2.05, 4.69) is 5.32 Å². The fraction of sp³-hybridized carbons (Fsp3) is 0.467. The van der Waals surface area contributed by atoms with Crippen LogP contribution in [-0.4, -0.2) is 23.5 Å². The van der Waals surface area contributed by atoms with Crippen LogP contribution in [0.15, 0.2) is 18.2 Å². The molecule has 5 heteroatoms. The lowest BCUT2D eigenvalue weighted by atomic mass is 10.1. The number of esters is 1. The third-order valence-electron chi connectivity index (χ3n) is 2.56. The lowest BCUT2D eigenvalue weighted by molar-refractivity contribution is -0.130. The highest BCUT2D eigenvalue weighted by Crippen LogP contribution is 2.11. The zero-order valence-corrected chi connectivity index (χ0v) is 12.4. The highest BCUT2D eigenvalue weighted by Gasteiger charge is 2.23. The minimum atomic E-state index is -0.939. The summed E-state index contributed by atoms with van der Waals surface area (Å²) < 4.78 is 18.4. The molecule has 1 aromatic carbocycles. The van der Waals surface area contributed by atoms with Gasteiger partial charge in [-0.3, -0.25) is 4.79 Å². The second-order valence-electron chi connectivity index (χ2n) is 5.75. The predicted molar refractivity (Wildman–Crippen MR) is 73.9 cm³/mol. The molecule has 0 aliphatic heterocycles. The highest BCUT2D eigenvalue weighted by atomic mass is 19.1. The Kier molecular flexibility index (Phi) is 4.87. The van der Waals surface area contributed by atoms with Gasteiger partial charge in [-0.1, -0.05) is 6.07 Å². The summed E-state index contributed by atoms with van der Waals surface area (Å²) in [6.45, 7) is 8.56. The van der Waals surface area contributed by atoms with Crippen LogP contribution >= 0.6 is 0 Å². The van der Waals surface area contributed by atoms with Crippen molar-refractivity contribution in [3.05, 3.63) is 35.1 Å². The number of amides is 1. The van der Waals surface area contributed by atoms with Crippen LogP contribution in [0.1, 0.15) is 43.6 Å². The smallest absolute Gasteiger partial charge is 0.339 e. The second-order valence-corrected chi connectivity index (χ2v) is 5.75. The van der Waals surface area contributed by atoms with Crippen molar-refractivity contribution in [2.24, 2.45) is 0 Å². The third-order valence-corrected chi connectivity index (χ3v) is 2.56. The number of benzene rings is 1. The van der Waals surface area contributed by atoms with Crippen molar-refractivity contribution in [2.45, 2.75) is 46.3 Å². The molecule has 0 aliphatic rings. The fourth-order valence-electron chi connectivity index (χ4n) is 1.47. The van der Waals surface area contributed by atoms with E-state index in [0.717, 1.165) is 6.07 Å². The maximum Gasteiger partial charge on any atom is 0.339 e. The zero-order valence-electron chi connectivity index (χ0n) is 12.4. The molecule has 0 bridgehead atoms. The zero-order chi connectivity index (χ0) is 15.5.